The third-order valence-electron chi connectivity index (χ3n) is 3.32. The Kier molecular flexibility index (Phi) is 5.35. The molecule has 2 rings (SSSR count). The summed E-state index contributed by atoms with van der Waals surface area (Å²) >= 11 is 0. The van der Waals surface area contributed by atoms with Crippen LogP contribution in [0.25, 0.3) is 0 Å². The Bertz CT molecular complexity index is 872. The maximum absolute atomic E-state index is 12.2. The van der Waals surface area contributed by atoms with Gasteiger partial charge in [0.05, 0.1) is 11.1 Å². The van der Waals surface area contributed by atoms with Gasteiger partial charge >= 0.3 is 5.97 Å². The zero-order valence-electron chi connectivity index (χ0n) is 13.6. The van der Waals surface area contributed by atoms with Gasteiger partial charge in [-0.3, -0.25) is 4.79 Å². The summed E-state index contributed by atoms with van der Waals surface area (Å²) in [5.41, 5.74) is 2.57. The molecule has 6 nitrogen and oxygen atoms in total. The van der Waals surface area contributed by atoms with Crippen molar-refractivity contribution in [2.45, 2.75) is 25.7 Å². The Morgan fingerprint density at radius 2 is 1.75 bits per heavy atom. The maximum atomic E-state index is 12.2. The first-order valence-electron chi connectivity index (χ1n) is 7.18. The number of hydrogen-bond acceptors (Lipinski definition) is 5. The molecule has 0 saturated heterocycles. The van der Waals surface area contributed by atoms with Crippen LogP contribution in [0.4, 0.5) is 0 Å². The fourth-order valence-electron chi connectivity index (χ4n) is 1.89. The quantitative estimate of drug-likeness (QED) is 0.390. The molecule has 2 aromatic carbocycles. The summed E-state index contributed by atoms with van der Waals surface area (Å²) in [4.78, 5) is 13.2. The number of hydrazone groups is 1. The van der Waals surface area contributed by atoms with E-state index in [2.05, 4.69) is 9.93 Å². The van der Waals surface area contributed by atoms with Crippen LogP contribution in [0.2, 0.25) is 0 Å². The molecule has 7 heteroatoms. The minimum absolute atomic E-state index is 0.160. The normalized spacial score (nSPS) is 11.5. The third kappa shape index (κ3) is 4.66. The van der Waals surface area contributed by atoms with Gasteiger partial charge in [0.25, 0.3) is 10.0 Å². The van der Waals surface area contributed by atoms with E-state index in [4.69, 9.17) is 4.74 Å². The van der Waals surface area contributed by atoms with Crippen LogP contribution in [-0.4, -0.2) is 20.6 Å². The summed E-state index contributed by atoms with van der Waals surface area (Å²) in [7, 11) is -3.71. The van der Waals surface area contributed by atoms with Crippen LogP contribution in [0.5, 0.6) is 5.75 Å². The molecule has 0 heterocycles. The predicted molar refractivity (Wildman–Crippen MR) is 91.6 cm³/mol. The van der Waals surface area contributed by atoms with Gasteiger partial charge < -0.3 is 4.74 Å². The predicted octanol–water partition coefficient (Wildman–Crippen LogP) is 2.54. The molecule has 126 valence electrons. The summed E-state index contributed by atoms with van der Waals surface area (Å²) in [6.07, 6.45) is 1.37. The van der Waals surface area contributed by atoms with Crippen molar-refractivity contribution in [3.63, 3.8) is 0 Å². The van der Waals surface area contributed by atoms with E-state index in [-0.39, 0.29) is 4.90 Å². The Balaban J connectivity index is 2.07. The fourth-order valence-corrected chi connectivity index (χ4v) is 2.77. The van der Waals surface area contributed by atoms with Gasteiger partial charge in [0.15, 0.2) is 0 Å². The van der Waals surface area contributed by atoms with Crippen molar-refractivity contribution in [3.8, 4) is 5.75 Å². The Hall–Kier alpha value is -2.67. The molecular weight excluding hydrogens is 328 g/mol. The highest BCUT2D eigenvalue weighted by molar-refractivity contribution is 7.89. The van der Waals surface area contributed by atoms with Gasteiger partial charge in [0.1, 0.15) is 5.75 Å². The minimum atomic E-state index is -3.71. The average molecular weight is 346 g/mol. The molecule has 0 aromatic heterocycles. The second-order valence-electron chi connectivity index (χ2n) is 5.26. The number of aryl methyl sites for hydroxylation is 2. The van der Waals surface area contributed by atoms with Crippen LogP contribution in [0.3, 0.4) is 0 Å². The van der Waals surface area contributed by atoms with Crippen LogP contribution in [-0.2, 0) is 14.8 Å². The van der Waals surface area contributed by atoms with Crippen molar-refractivity contribution in [2.24, 2.45) is 5.10 Å². The first-order chi connectivity index (χ1) is 11.3. The van der Waals surface area contributed by atoms with Crippen LogP contribution in [0.1, 0.15) is 23.6 Å². The smallest absolute Gasteiger partial charge is 0.308 e. The molecule has 0 atom stereocenters. The van der Waals surface area contributed by atoms with Gasteiger partial charge in [-0.25, -0.2) is 4.83 Å². The first-order valence-corrected chi connectivity index (χ1v) is 8.67. The van der Waals surface area contributed by atoms with Crippen molar-refractivity contribution in [3.05, 3.63) is 59.2 Å². The molecule has 0 aliphatic carbocycles. The van der Waals surface area contributed by atoms with E-state index in [9.17, 15) is 13.2 Å². The fraction of sp³-hybridized carbons (Fsp3) is 0.176. The molecule has 1 N–H and O–H groups in total. The summed E-state index contributed by atoms with van der Waals surface area (Å²) in [5, 5.41) is 3.76. The lowest BCUT2D eigenvalue weighted by Crippen LogP contribution is -2.18. The Morgan fingerprint density at radius 3 is 2.33 bits per heavy atom. The zero-order chi connectivity index (χ0) is 17.7. The average Bonchev–Trinajstić information content (AvgIpc) is 2.51. The van der Waals surface area contributed by atoms with Crippen molar-refractivity contribution >= 4 is 22.2 Å². The molecule has 0 bridgehead atoms. The van der Waals surface area contributed by atoms with Gasteiger partial charge in [-0.1, -0.05) is 6.07 Å². The maximum Gasteiger partial charge on any atom is 0.308 e. The number of rotatable bonds is 5. The van der Waals surface area contributed by atoms with Gasteiger partial charge in [-0.05, 0) is 66.9 Å². The van der Waals surface area contributed by atoms with Crippen molar-refractivity contribution in [1.29, 1.82) is 0 Å². The number of nitrogens with zero attached hydrogens (tertiary/aromatic N) is 1. The number of nitrogens with one attached hydrogen (secondary N) is 1. The summed E-state index contributed by atoms with van der Waals surface area (Å²) in [6, 6.07) is 11.4. The molecule has 0 aliphatic heterocycles. The van der Waals surface area contributed by atoms with Gasteiger partial charge in [-0.15, -0.1) is 0 Å². The highest BCUT2D eigenvalue weighted by atomic mass is 32.2. The zero-order valence-corrected chi connectivity index (χ0v) is 14.4. The van der Waals surface area contributed by atoms with Gasteiger partial charge in [0.2, 0.25) is 0 Å². The lowest BCUT2D eigenvalue weighted by molar-refractivity contribution is -0.131. The van der Waals surface area contributed by atoms with Crippen LogP contribution in [0.15, 0.2) is 52.5 Å². The lowest BCUT2D eigenvalue weighted by Gasteiger charge is -2.06. The first kappa shape index (κ1) is 17.7. The number of esters is 1. The van der Waals surface area contributed by atoms with Gasteiger partial charge in [-0.2, -0.15) is 13.5 Å². The lowest BCUT2D eigenvalue weighted by atomic mass is 10.1. The Morgan fingerprint density at radius 1 is 1.08 bits per heavy atom. The third-order valence-corrected chi connectivity index (χ3v) is 4.54. The SMILES string of the molecule is CC(=O)Oc1ccc(/C=N/NS(=O)(=O)c2ccc(C)c(C)c2)cc1. The van der Waals surface area contributed by atoms with Crippen LogP contribution < -0.4 is 9.57 Å². The number of carbonyl (C=O) groups excluding carboxylic acids is 1. The second kappa shape index (κ2) is 7.27. The van der Waals surface area contributed by atoms with E-state index in [1.807, 2.05) is 13.8 Å². The minimum Gasteiger partial charge on any atom is -0.427 e. The number of hydrogen-bond donors (Lipinski definition) is 1. The Labute approximate surface area is 141 Å². The highest BCUT2D eigenvalue weighted by Crippen LogP contribution is 2.14. The largest absolute Gasteiger partial charge is 0.427 e. The molecule has 0 fully saturated rings. The van der Waals surface area contributed by atoms with E-state index < -0.39 is 16.0 Å². The van der Waals surface area contributed by atoms with E-state index >= 15 is 0 Å². The standard InChI is InChI=1S/C17H18N2O4S/c1-12-4-9-17(10-13(12)2)24(21,22)19-18-11-15-5-7-16(8-6-15)23-14(3)20/h4-11,19H,1-3H3/b18-11+. The molecule has 0 radical (unpaired) electrons. The topological polar surface area (TPSA) is 84.8 Å². The number of benzene rings is 2. The van der Waals surface area contributed by atoms with Crippen LogP contribution >= 0.6 is 0 Å². The van der Waals surface area contributed by atoms with E-state index in [1.54, 1.807) is 36.4 Å². The van der Waals surface area contributed by atoms with Crippen molar-refractivity contribution < 1.29 is 17.9 Å². The molecule has 0 spiro atoms. The summed E-state index contributed by atoms with van der Waals surface area (Å²) < 4.78 is 29.3. The van der Waals surface area contributed by atoms with Gasteiger partial charge in [0, 0.05) is 6.92 Å². The molecule has 2 aromatic rings. The molecule has 0 saturated carbocycles. The van der Waals surface area contributed by atoms with E-state index in [0.29, 0.717) is 11.3 Å². The number of ether oxygens (including phenoxy) is 1. The van der Waals surface area contributed by atoms with E-state index in [0.717, 1.165) is 11.1 Å². The summed E-state index contributed by atoms with van der Waals surface area (Å²) in [5.74, 6) is 0.00734. The van der Waals surface area contributed by atoms with Crippen molar-refractivity contribution in [1.82, 2.24) is 4.83 Å². The molecule has 24 heavy (non-hydrogen) atoms. The number of carbonyl (C=O) groups is 1. The summed E-state index contributed by atoms with van der Waals surface area (Å²) in [6.45, 7) is 5.08. The number of sulfonamides is 1. The molecular formula is C17H18N2O4S. The molecule has 0 aliphatic rings. The second-order valence-corrected chi connectivity index (χ2v) is 6.92. The molecule has 0 amide bonds. The van der Waals surface area contributed by atoms with Crippen molar-refractivity contribution in [2.75, 3.05) is 0 Å². The van der Waals surface area contributed by atoms with E-state index in [1.165, 1.54) is 19.2 Å². The highest BCUT2D eigenvalue weighted by Gasteiger charge is 2.13. The molecule has 0 unspecified atom stereocenters. The monoisotopic (exact) mass is 346 g/mol. The van der Waals surface area contributed by atoms with Crippen LogP contribution in [0, 0.1) is 13.8 Å².